The number of Topliss-reactive ketones (excluding diaryl/α,β-unsaturated/α-hetero) is 1. The Balaban J connectivity index is 2.32. The number of methoxy groups -OCH3 is 3. The summed E-state index contributed by atoms with van der Waals surface area (Å²) in [7, 11) is 4.26. The minimum Gasteiger partial charge on any atom is -0.507 e. The first-order valence-corrected chi connectivity index (χ1v) is 11.1. The van der Waals surface area contributed by atoms with Gasteiger partial charge in [-0.3, -0.25) is 9.59 Å². The van der Waals surface area contributed by atoms with Gasteiger partial charge in [0.15, 0.2) is 11.5 Å². The number of hydrogen-bond donors (Lipinski definition) is 1. The standard InChI is InChI=1S/C24H25Cl2NO6/c1-5-6-11-27-19(13-9-7-8-10-16(13)31-2)17(21(29)24(27)30)20(28)14-12-15(25)23(33-4)18(26)22(14)32-3/h7-10,12,19,28H,5-6,11H2,1-4H3/b20-17+. The number of para-hydroxylation sites is 1. The molecule has 3 rings (SSSR count). The smallest absolute Gasteiger partial charge is 0.295 e. The van der Waals surface area contributed by atoms with E-state index >= 15 is 0 Å². The van der Waals surface area contributed by atoms with Crippen molar-refractivity contribution in [2.24, 2.45) is 0 Å². The molecule has 1 heterocycles. The number of benzene rings is 2. The molecule has 2 aromatic carbocycles. The fourth-order valence-corrected chi connectivity index (χ4v) is 4.63. The maximum atomic E-state index is 13.2. The maximum absolute atomic E-state index is 13.2. The highest BCUT2D eigenvalue weighted by molar-refractivity contribution is 6.47. The number of ether oxygens (including phenoxy) is 3. The van der Waals surface area contributed by atoms with Crippen molar-refractivity contribution in [1.82, 2.24) is 4.90 Å². The van der Waals surface area contributed by atoms with Crippen LogP contribution in [0.15, 0.2) is 35.9 Å². The number of aliphatic hydroxyl groups excluding tert-OH is 1. The van der Waals surface area contributed by atoms with E-state index in [1.807, 2.05) is 6.92 Å². The van der Waals surface area contributed by atoms with Crippen molar-refractivity contribution >= 4 is 40.7 Å². The monoisotopic (exact) mass is 493 g/mol. The van der Waals surface area contributed by atoms with E-state index in [1.165, 1.54) is 32.3 Å². The molecule has 1 aliphatic rings. The number of amides is 1. The van der Waals surface area contributed by atoms with Gasteiger partial charge in [-0.25, -0.2) is 0 Å². The Bertz CT molecular complexity index is 1110. The van der Waals surface area contributed by atoms with Gasteiger partial charge in [0, 0.05) is 12.1 Å². The highest BCUT2D eigenvalue weighted by atomic mass is 35.5. The number of likely N-dealkylation sites (tertiary alicyclic amines) is 1. The van der Waals surface area contributed by atoms with Crippen LogP contribution in [0.2, 0.25) is 10.0 Å². The Hall–Kier alpha value is -2.90. The lowest BCUT2D eigenvalue weighted by atomic mass is 9.94. The number of halogens is 2. The van der Waals surface area contributed by atoms with E-state index in [0.29, 0.717) is 24.3 Å². The quantitative estimate of drug-likeness (QED) is 0.307. The normalized spacial score (nSPS) is 17.4. The molecule has 0 radical (unpaired) electrons. The first kappa shape index (κ1) is 24.7. The van der Waals surface area contributed by atoms with E-state index in [9.17, 15) is 14.7 Å². The van der Waals surface area contributed by atoms with E-state index in [2.05, 4.69) is 0 Å². The van der Waals surface area contributed by atoms with Crippen LogP contribution in [-0.4, -0.2) is 49.6 Å². The third kappa shape index (κ3) is 4.35. The minimum atomic E-state index is -0.864. The Morgan fingerprint density at radius 3 is 2.33 bits per heavy atom. The molecule has 0 bridgehead atoms. The first-order chi connectivity index (χ1) is 15.8. The second-order valence-electron chi connectivity index (χ2n) is 7.37. The van der Waals surface area contributed by atoms with E-state index in [4.69, 9.17) is 37.4 Å². The summed E-state index contributed by atoms with van der Waals surface area (Å²) in [6.07, 6.45) is 1.50. The van der Waals surface area contributed by atoms with Crippen LogP contribution in [-0.2, 0) is 9.59 Å². The predicted octanol–water partition coefficient (Wildman–Crippen LogP) is 5.24. The van der Waals surface area contributed by atoms with Crippen LogP contribution >= 0.6 is 23.2 Å². The van der Waals surface area contributed by atoms with Crippen LogP contribution in [0, 0.1) is 0 Å². The van der Waals surface area contributed by atoms with E-state index < -0.39 is 23.5 Å². The summed E-state index contributed by atoms with van der Waals surface area (Å²) >= 11 is 12.7. The molecular weight excluding hydrogens is 469 g/mol. The maximum Gasteiger partial charge on any atom is 0.295 e. The van der Waals surface area contributed by atoms with Crippen molar-refractivity contribution < 1.29 is 28.9 Å². The zero-order valence-corrected chi connectivity index (χ0v) is 20.3. The van der Waals surface area contributed by atoms with Crippen molar-refractivity contribution in [3.05, 3.63) is 57.1 Å². The fraction of sp³-hybridized carbons (Fsp3) is 0.333. The molecule has 9 heteroatoms. The Labute approximate surface area is 202 Å². The molecule has 1 unspecified atom stereocenters. The molecule has 1 atom stereocenters. The van der Waals surface area contributed by atoms with Crippen molar-refractivity contribution in [3.8, 4) is 17.2 Å². The number of ketones is 1. The number of carbonyl (C=O) groups is 2. The van der Waals surface area contributed by atoms with Gasteiger partial charge in [0.2, 0.25) is 0 Å². The van der Waals surface area contributed by atoms with Crippen molar-refractivity contribution in [2.75, 3.05) is 27.9 Å². The molecule has 2 aromatic rings. The summed E-state index contributed by atoms with van der Waals surface area (Å²) in [5, 5.41) is 11.5. The Kier molecular flexibility index (Phi) is 7.76. The van der Waals surface area contributed by atoms with Crippen LogP contribution in [0.5, 0.6) is 17.2 Å². The summed E-state index contributed by atoms with van der Waals surface area (Å²) in [5.74, 6) is -1.26. The average Bonchev–Trinajstić information content (AvgIpc) is 3.06. The molecule has 1 saturated heterocycles. The third-order valence-electron chi connectivity index (χ3n) is 5.52. The SMILES string of the molecule is CCCCN1C(=O)C(=O)/C(=C(/O)c2cc(Cl)c(OC)c(Cl)c2OC)C1c1ccccc1OC. The van der Waals surface area contributed by atoms with Crippen LogP contribution < -0.4 is 14.2 Å². The number of carbonyl (C=O) groups excluding carboxylic acids is 2. The predicted molar refractivity (Wildman–Crippen MR) is 126 cm³/mol. The summed E-state index contributed by atoms with van der Waals surface area (Å²) in [5.41, 5.74) is 0.541. The van der Waals surface area contributed by atoms with Gasteiger partial charge in [-0.2, -0.15) is 0 Å². The summed E-state index contributed by atoms with van der Waals surface area (Å²) in [6.45, 7) is 2.32. The molecule has 1 N–H and O–H groups in total. The summed E-state index contributed by atoms with van der Waals surface area (Å²) in [6, 6.07) is 7.58. The Morgan fingerprint density at radius 2 is 1.73 bits per heavy atom. The Morgan fingerprint density at radius 1 is 1.06 bits per heavy atom. The minimum absolute atomic E-state index is 0.0307. The lowest BCUT2D eigenvalue weighted by molar-refractivity contribution is -0.139. The zero-order chi connectivity index (χ0) is 24.3. The van der Waals surface area contributed by atoms with Crippen LogP contribution in [0.3, 0.4) is 0 Å². The van der Waals surface area contributed by atoms with Gasteiger partial charge in [0.05, 0.1) is 43.5 Å². The number of nitrogens with zero attached hydrogens (tertiary/aromatic N) is 1. The molecule has 176 valence electrons. The highest BCUT2D eigenvalue weighted by Gasteiger charge is 2.47. The van der Waals surface area contributed by atoms with Crippen LogP contribution in [0.4, 0.5) is 0 Å². The largest absolute Gasteiger partial charge is 0.507 e. The molecule has 0 saturated carbocycles. The molecule has 0 aromatic heterocycles. The van der Waals surface area contributed by atoms with Gasteiger partial charge >= 0.3 is 0 Å². The van der Waals surface area contributed by atoms with E-state index in [-0.39, 0.29) is 32.7 Å². The van der Waals surface area contributed by atoms with Gasteiger partial charge in [-0.15, -0.1) is 0 Å². The number of unbranched alkanes of at least 4 members (excludes halogenated alkanes) is 1. The topological polar surface area (TPSA) is 85.3 Å². The van der Waals surface area contributed by atoms with Gasteiger partial charge in [-0.1, -0.05) is 54.7 Å². The van der Waals surface area contributed by atoms with E-state index in [1.54, 1.807) is 24.3 Å². The molecule has 1 amide bonds. The molecule has 0 spiro atoms. The molecular formula is C24H25Cl2NO6. The van der Waals surface area contributed by atoms with Crippen molar-refractivity contribution in [2.45, 2.75) is 25.8 Å². The van der Waals surface area contributed by atoms with Crippen molar-refractivity contribution in [3.63, 3.8) is 0 Å². The van der Waals surface area contributed by atoms with Gasteiger partial charge in [-0.05, 0) is 18.6 Å². The average molecular weight is 494 g/mol. The lowest BCUT2D eigenvalue weighted by Gasteiger charge is -2.26. The third-order valence-corrected chi connectivity index (χ3v) is 6.14. The summed E-state index contributed by atoms with van der Waals surface area (Å²) in [4.78, 5) is 27.7. The molecule has 1 fully saturated rings. The highest BCUT2D eigenvalue weighted by Crippen LogP contribution is 2.48. The second kappa shape index (κ2) is 10.4. The number of hydrogen-bond acceptors (Lipinski definition) is 6. The van der Waals surface area contributed by atoms with Crippen molar-refractivity contribution in [1.29, 1.82) is 0 Å². The van der Waals surface area contributed by atoms with E-state index in [0.717, 1.165) is 6.42 Å². The number of rotatable bonds is 8. The molecule has 1 aliphatic heterocycles. The second-order valence-corrected chi connectivity index (χ2v) is 8.16. The zero-order valence-electron chi connectivity index (χ0n) is 18.8. The molecule has 7 nitrogen and oxygen atoms in total. The molecule has 0 aliphatic carbocycles. The fourth-order valence-electron chi connectivity index (χ4n) is 3.95. The van der Waals surface area contributed by atoms with Crippen LogP contribution in [0.25, 0.3) is 5.76 Å². The lowest BCUT2D eigenvalue weighted by Crippen LogP contribution is -2.30. The van der Waals surface area contributed by atoms with Gasteiger partial charge in [0.25, 0.3) is 11.7 Å². The van der Waals surface area contributed by atoms with Gasteiger partial charge in [0.1, 0.15) is 16.5 Å². The number of aliphatic hydroxyl groups is 1. The summed E-state index contributed by atoms with van der Waals surface area (Å²) < 4.78 is 16.1. The van der Waals surface area contributed by atoms with Gasteiger partial charge < -0.3 is 24.2 Å². The molecule has 33 heavy (non-hydrogen) atoms. The first-order valence-electron chi connectivity index (χ1n) is 10.3. The van der Waals surface area contributed by atoms with Crippen LogP contribution in [0.1, 0.15) is 36.9 Å².